The lowest BCUT2D eigenvalue weighted by molar-refractivity contribution is -0.116. The Labute approximate surface area is 145 Å². The van der Waals surface area contributed by atoms with Gasteiger partial charge in [-0.1, -0.05) is 19.9 Å². The van der Waals surface area contributed by atoms with Crippen molar-refractivity contribution >= 4 is 28.3 Å². The summed E-state index contributed by atoms with van der Waals surface area (Å²) >= 11 is 1.26. The van der Waals surface area contributed by atoms with Gasteiger partial charge in [-0.3, -0.25) is 14.6 Å². The Morgan fingerprint density at radius 1 is 1.33 bits per heavy atom. The van der Waals surface area contributed by atoms with Gasteiger partial charge < -0.3 is 10.2 Å². The van der Waals surface area contributed by atoms with Gasteiger partial charge in [-0.25, -0.2) is 4.98 Å². The molecule has 0 aliphatic carbocycles. The zero-order valence-electron chi connectivity index (χ0n) is 14.2. The monoisotopic (exact) mass is 346 g/mol. The third-order valence-electron chi connectivity index (χ3n) is 3.34. The summed E-state index contributed by atoms with van der Waals surface area (Å²) in [6, 6.07) is 5.73. The van der Waals surface area contributed by atoms with Crippen molar-refractivity contribution in [3.63, 3.8) is 0 Å². The van der Waals surface area contributed by atoms with E-state index in [4.69, 9.17) is 0 Å². The Balaban J connectivity index is 1.89. The Morgan fingerprint density at radius 3 is 2.79 bits per heavy atom. The van der Waals surface area contributed by atoms with Gasteiger partial charge in [0.05, 0.1) is 0 Å². The molecule has 0 spiro atoms. The fourth-order valence-electron chi connectivity index (χ4n) is 2.10. The summed E-state index contributed by atoms with van der Waals surface area (Å²) in [6.07, 6.45) is 2.86. The summed E-state index contributed by atoms with van der Waals surface area (Å²) in [5, 5.41) is 4.86. The molecule has 0 atom stereocenters. The number of anilines is 1. The van der Waals surface area contributed by atoms with Crippen molar-refractivity contribution in [2.24, 2.45) is 5.92 Å². The zero-order chi connectivity index (χ0) is 17.5. The maximum absolute atomic E-state index is 12.4. The molecule has 0 radical (unpaired) electrons. The fourth-order valence-corrected chi connectivity index (χ4v) is 2.80. The molecule has 1 N–H and O–H groups in total. The van der Waals surface area contributed by atoms with Gasteiger partial charge in [0.2, 0.25) is 5.91 Å². The first-order valence-electron chi connectivity index (χ1n) is 7.86. The average molecular weight is 346 g/mol. The van der Waals surface area contributed by atoms with Gasteiger partial charge in [-0.15, -0.1) is 11.3 Å². The number of nitrogens with zero attached hydrogens (tertiary/aromatic N) is 3. The van der Waals surface area contributed by atoms with Crippen LogP contribution in [0.2, 0.25) is 0 Å². The molecule has 0 unspecified atom stereocenters. The van der Waals surface area contributed by atoms with Crippen LogP contribution in [-0.2, 0) is 11.2 Å². The van der Waals surface area contributed by atoms with Gasteiger partial charge in [0.1, 0.15) is 5.69 Å². The van der Waals surface area contributed by atoms with Crippen molar-refractivity contribution < 1.29 is 9.59 Å². The number of thiazole rings is 1. The summed E-state index contributed by atoms with van der Waals surface area (Å²) < 4.78 is 0. The highest BCUT2D eigenvalue weighted by Crippen LogP contribution is 2.17. The van der Waals surface area contributed by atoms with Crippen LogP contribution >= 0.6 is 11.3 Å². The Kier molecular flexibility index (Phi) is 6.43. The molecule has 2 aromatic heterocycles. The second-order valence-corrected chi connectivity index (χ2v) is 6.84. The normalized spacial score (nSPS) is 10.7. The van der Waals surface area contributed by atoms with Crippen LogP contribution in [0, 0.1) is 5.92 Å². The largest absolute Gasteiger partial charge is 0.340 e. The topological polar surface area (TPSA) is 75.2 Å². The van der Waals surface area contributed by atoms with E-state index in [1.54, 1.807) is 23.5 Å². The summed E-state index contributed by atoms with van der Waals surface area (Å²) in [7, 11) is 1.74. The number of likely N-dealkylation sites (N-methyl/N-ethyl adjacent to an activating group) is 1. The Morgan fingerprint density at radius 2 is 2.12 bits per heavy atom. The van der Waals surface area contributed by atoms with E-state index in [1.807, 2.05) is 32.0 Å². The van der Waals surface area contributed by atoms with Crippen LogP contribution in [-0.4, -0.2) is 40.3 Å². The molecule has 0 bridgehead atoms. The molecule has 7 heteroatoms. The number of aromatic nitrogens is 2. The van der Waals surface area contributed by atoms with Crippen molar-refractivity contribution in [1.29, 1.82) is 0 Å². The van der Waals surface area contributed by atoms with E-state index in [2.05, 4.69) is 15.3 Å². The number of pyridine rings is 1. The number of carbonyl (C=O) groups is 2. The van der Waals surface area contributed by atoms with Crippen LogP contribution < -0.4 is 5.32 Å². The van der Waals surface area contributed by atoms with Crippen molar-refractivity contribution in [1.82, 2.24) is 14.9 Å². The molecule has 0 aliphatic rings. The van der Waals surface area contributed by atoms with Crippen molar-refractivity contribution in [3.8, 4) is 0 Å². The minimum absolute atomic E-state index is 0.0816. The number of hydrogen-bond acceptors (Lipinski definition) is 5. The highest BCUT2D eigenvalue weighted by atomic mass is 32.1. The molecule has 0 saturated carbocycles. The number of amides is 2. The predicted octanol–water partition coefficient (Wildman–Crippen LogP) is 2.84. The summed E-state index contributed by atoms with van der Waals surface area (Å²) in [6.45, 7) is 4.52. The van der Waals surface area contributed by atoms with Gasteiger partial charge in [-0.05, 0) is 18.1 Å². The molecule has 2 rings (SSSR count). The van der Waals surface area contributed by atoms with Gasteiger partial charge in [0.15, 0.2) is 5.13 Å². The van der Waals surface area contributed by atoms with Crippen molar-refractivity contribution in [3.05, 3.63) is 41.2 Å². The SMILES string of the molecule is CC(C)CC(=O)Nc1nc(C(=O)N(C)CCc2ccccn2)cs1. The lowest BCUT2D eigenvalue weighted by atomic mass is 10.1. The molecule has 2 heterocycles. The van der Waals surface area contributed by atoms with Crippen LogP contribution in [0.5, 0.6) is 0 Å². The van der Waals surface area contributed by atoms with Crippen LogP contribution in [0.25, 0.3) is 0 Å². The molecule has 0 aliphatic heterocycles. The Hall–Kier alpha value is -2.28. The number of hydrogen-bond donors (Lipinski definition) is 1. The maximum Gasteiger partial charge on any atom is 0.273 e. The first kappa shape index (κ1) is 18.1. The average Bonchev–Trinajstić information content (AvgIpc) is 3.00. The van der Waals surface area contributed by atoms with E-state index < -0.39 is 0 Å². The molecular weight excluding hydrogens is 324 g/mol. The molecule has 0 aromatic carbocycles. The van der Waals surface area contributed by atoms with Crippen molar-refractivity contribution in [2.75, 3.05) is 18.9 Å². The summed E-state index contributed by atoms with van der Waals surface area (Å²) in [4.78, 5) is 34.2. The molecular formula is C17H22N4O2S. The Bertz CT molecular complexity index is 685. The van der Waals surface area contributed by atoms with Crippen LogP contribution in [0.1, 0.15) is 36.5 Å². The van der Waals surface area contributed by atoms with E-state index in [1.165, 1.54) is 11.3 Å². The van der Waals surface area contributed by atoms with E-state index in [0.717, 1.165) is 5.69 Å². The quantitative estimate of drug-likeness (QED) is 0.836. The van der Waals surface area contributed by atoms with E-state index in [0.29, 0.717) is 30.2 Å². The minimum Gasteiger partial charge on any atom is -0.340 e. The van der Waals surface area contributed by atoms with Crippen LogP contribution in [0.3, 0.4) is 0 Å². The molecule has 2 aromatic rings. The molecule has 24 heavy (non-hydrogen) atoms. The smallest absolute Gasteiger partial charge is 0.273 e. The lowest BCUT2D eigenvalue weighted by Gasteiger charge is -2.15. The van der Waals surface area contributed by atoms with E-state index in [9.17, 15) is 9.59 Å². The van der Waals surface area contributed by atoms with E-state index >= 15 is 0 Å². The van der Waals surface area contributed by atoms with Crippen molar-refractivity contribution in [2.45, 2.75) is 26.7 Å². The molecule has 128 valence electrons. The van der Waals surface area contributed by atoms with Crippen LogP contribution in [0.15, 0.2) is 29.8 Å². The predicted molar refractivity (Wildman–Crippen MR) is 95.1 cm³/mol. The number of carbonyl (C=O) groups excluding carboxylic acids is 2. The number of nitrogens with one attached hydrogen (secondary N) is 1. The molecule has 0 saturated heterocycles. The lowest BCUT2D eigenvalue weighted by Crippen LogP contribution is -2.29. The standard InChI is InChI=1S/C17H22N4O2S/c1-12(2)10-15(22)20-17-19-14(11-24-17)16(23)21(3)9-7-13-6-4-5-8-18-13/h4-6,8,11-12H,7,9-10H2,1-3H3,(H,19,20,22). The van der Waals surface area contributed by atoms with Gasteiger partial charge in [-0.2, -0.15) is 0 Å². The highest BCUT2D eigenvalue weighted by Gasteiger charge is 2.16. The first-order chi connectivity index (χ1) is 11.5. The van der Waals surface area contributed by atoms with Gasteiger partial charge in [0.25, 0.3) is 5.91 Å². The molecule has 2 amide bonds. The third kappa shape index (κ3) is 5.42. The second kappa shape index (κ2) is 8.54. The summed E-state index contributed by atoms with van der Waals surface area (Å²) in [5.41, 5.74) is 1.29. The van der Waals surface area contributed by atoms with E-state index in [-0.39, 0.29) is 17.7 Å². The third-order valence-corrected chi connectivity index (χ3v) is 4.10. The zero-order valence-corrected chi connectivity index (χ0v) is 15.0. The summed E-state index contributed by atoms with van der Waals surface area (Å²) in [5.74, 6) is 0.0391. The minimum atomic E-state index is -0.161. The molecule has 0 fully saturated rings. The van der Waals surface area contributed by atoms with Crippen LogP contribution in [0.4, 0.5) is 5.13 Å². The molecule has 6 nitrogen and oxygen atoms in total. The second-order valence-electron chi connectivity index (χ2n) is 5.98. The first-order valence-corrected chi connectivity index (χ1v) is 8.74. The fraction of sp³-hybridized carbons (Fsp3) is 0.412. The van der Waals surface area contributed by atoms with Gasteiger partial charge >= 0.3 is 0 Å². The number of rotatable bonds is 7. The van der Waals surface area contributed by atoms with Gasteiger partial charge in [0, 0.05) is 43.7 Å². The highest BCUT2D eigenvalue weighted by molar-refractivity contribution is 7.14. The maximum atomic E-state index is 12.4.